The molecule has 1 saturated carbocycles. The Morgan fingerprint density at radius 3 is 2.81 bits per heavy atom. The summed E-state index contributed by atoms with van der Waals surface area (Å²) in [6.45, 7) is 6.49. The number of likely N-dealkylation sites (tertiary alicyclic amines) is 1. The van der Waals surface area contributed by atoms with Gasteiger partial charge in [0.2, 0.25) is 5.91 Å². The van der Waals surface area contributed by atoms with Crippen molar-refractivity contribution < 1.29 is 19.1 Å². The monoisotopic (exact) mass is 294 g/mol. The van der Waals surface area contributed by atoms with Gasteiger partial charge < -0.3 is 19.7 Å². The zero-order valence-electron chi connectivity index (χ0n) is 12.2. The van der Waals surface area contributed by atoms with Gasteiger partial charge in [0.25, 0.3) is 5.91 Å². The predicted molar refractivity (Wildman–Crippen MR) is 75.6 cm³/mol. The summed E-state index contributed by atoms with van der Waals surface area (Å²) in [7, 11) is 0. The average Bonchev–Trinajstić information content (AvgIpc) is 2.92. The molecule has 6 nitrogen and oxygen atoms in total. The molecule has 6 heteroatoms. The SMILES string of the molecule is C=CC(=O)N1CCC2(CC(NC(=O)[C@@H]3COCCO3)C2)C1. The molecule has 0 aromatic heterocycles. The van der Waals surface area contributed by atoms with Crippen LogP contribution in [0.4, 0.5) is 0 Å². The number of nitrogens with one attached hydrogen (secondary N) is 1. The summed E-state index contributed by atoms with van der Waals surface area (Å²) in [4.78, 5) is 25.5. The smallest absolute Gasteiger partial charge is 0.251 e. The van der Waals surface area contributed by atoms with E-state index in [0.29, 0.717) is 19.8 Å². The van der Waals surface area contributed by atoms with Crippen molar-refractivity contribution in [3.8, 4) is 0 Å². The van der Waals surface area contributed by atoms with Gasteiger partial charge in [-0.2, -0.15) is 0 Å². The van der Waals surface area contributed by atoms with Crippen LogP contribution in [0.3, 0.4) is 0 Å². The molecule has 1 N–H and O–H groups in total. The van der Waals surface area contributed by atoms with E-state index in [-0.39, 0.29) is 23.3 Å². The number of hydrogen-bond acceptors (Lipinski definition) is 4. The number of carbonyl (C=O) groups excluding carboxylic acids is 2. The van der Waals surface area contributed by atoms with Gasteiger partial charge >= 0.3 is 0 Å². The maximum Gasteiger partial charge on any atom is 0.251 e. The first-order chi connectivity index (χ1) is 10.1. The summed E-state index contributed by atoms with van der Waals surface area (Å²) in [5.74, 6) is -0.0707. The van der Waals surface area contributed by atoms with E-state index in [1.165, 1.54) is 6.08 Å². The van der Waals surface area contributed by atoms with Crippen LogP contribution in [0, 0.1) is 5.41 Å². The molecule has 116 valence electrons. The number of hydrogen-bond donors (Lipinski definition) is 1. The highest BCUT2D eigenvalue weighted by molar-refractivity contribution is 5.87. The van der Waals surface area contributed by atoms with Crippen LogP contribution in [0.2, 0.25) is 0 Å². The third-order valence-electron chi connectivity index (χ3n) is 4.74. The molecule has 3 fully saturated rings. The van der Waals surface area contributed by atoms with Gasteiger partial charge in [-0.3, -0.25) is 9.59 Å². The Balaban J connectivity index is 1.44. The summed E-state index contributed by atoms with van der Waals surface area (Å²) in [6, 6.07) is 0.196. The first-order valence-electron chi connectivity index (χ1n) is 7.53. The molecule has 2 saturated heterocycles. The fourth-order valence-corrected chi connectivity index (χ4v) is 3.61. The van der Waals surface area contributed by atoms with Gasteiger partial charge in [0.15, 0.2) is 6.10 Å². The van der Waals surface area contributed by atoms with Crippen molar-refractivity contribution in [3.63, 3.8) is 0 Å². The second kappa shape index (κ2) is 5.77. The third-order valence-corrected chi connectivity index (χ3v) is 4.74. The second-order valence-corrected chi connectivity index (χ2v) is 6.26. The Hall–Kier alpha value is -1.40. The van der Waals surface area contributed by atoms with Gasteiger partial charge in [-0.05, 0) is 30.8 Å². The molecule has 0 unspecified atom stereocenters. The van der Waals surface area contributed by atoms with Crippen LogP contribution in [0.5, 0.6) is 0 Å². The molecule has 0 bridgehead atoms. The normalized spacial score (nSPS) is 35.3. The fraction of sp³-hybridized carbons (Fsp3) is 0.733. The van der Waals surface area contributed by atoms with Gasteiger partial charge in [0.1, 0.15) is 0 Å². The van der Waals surface area contributed by atoms with E-state index < -0.39 is 6.10 Å². The van der Waals surface area contributed by atoms with Gasteiger partial charge in [0.05, 0.1) is 19.8 Å². The summed E-state index contributed by atoms with van der Waals surface area (Å²) in [5.41, 5.74) is 0.195. The Kier molecular flexibility index (Phi) is 3.99. The highest BCUT2D eigenvalue weighted by Crippen LogP contribution is 2.48. The quantitative estimate of drug-likeness (QED) is 0.749. The Bertz CT molecular complexity index is 439. The Morgan fingerprint density at radius 2 is 2.14 bits per heavy atom. The van der Waals surface area contributed by atoms with Crippen molar-refractivity contribution >= 4 is 11.8 Å². The van der Waals surface area contributed by atoms with Crippen LogP contribution in [0.15, 0.2) is 12.7 Å². The molecule has 0 aromatic rings. The molecule has 2 amide bonds. The summed E-state index contributed by atoms with van der Waals surface area (Å²) < 4.78 is 10.6. The molecular formula is C15H22N2O4. The van der Waals surface area contributed by atoms with Crippen LogP contribution >= 0.6 is 0 Å². The maximum atomic E-state index is 12.0. The lowest BCUT2D eigenvalue weighted by Crippen LogP contribution is -2.55. The molecule has 1 atom stereocenters. The topological polar surface area (TPSA) is 67.9 Å². The lowest BCUT2D eigenvalue weighted by atomic mass is 9.65. The molecule has 0 radical (unpaired) electrons. The zero-order chi connectivity index (χ0) is 14.9. The van der Waals surface area contributed by atoms with Crippen molar-refractivity contribution in [3.05, 3.63) is 12.7 Å². The van der Waals surface area contributed by atoms with Crippen molar-refractivity contribution in [1.29, 1.82) is 0 Å². The van der Waals surface area contributed by atoms with E-state index in [0.717, 1.165) is 32.4 Å². The molecule has 21 heavy (non-hydrogen) atoms. The fourth-order valence-electron chi connectivity index (χ4n) is 3.61. The van der Waals surface area contributed by atoms with Crippen LogP contribution in [0.1, 0.15) is 19.3 Å². The van der Waals surface area contributed by atoms with E-state index in [9.17, 15) is 9.59 Å². The lowest BCUT2D eigenvalue weighted by molar-refractivity contribution is -0.149. The maximum absolute atomic E-state index is 12.0. The van der Waals surface area contributed by atoms with Crippen LogP contribution < -0.4 is 5.32 Å². The van der Waals surface area contributed by atoms with E-state index in [1.807, 2.05) is 4.90 Å². The molecule has 2 heterocycles. The highest BCUT2D eigenvalue weighted by Gasteiger charge is 2.49. The van der Waals surface area contributed by atoms with E-state index in [4.69, 9.17) is 9.47 Å². The standard InChI is InChI=1S/C15H22N2O4/c1-2-13(18)17-4-3-15(10-17)7-11(8-15)16-14(19)12-9-20-5-6-21-12/h2,11-12H,1,3-10H2,(H,16,19)/t11?,12-,15?/m0/s1. The minimum atomic E-state index is -0.474. The minimum absolute atomic E-state index is 0.00659. The first kappa shape index (κ1) is 14.5. The molecule has 2 aliphatic heterocycles. The molecule has 3 aliphatic rings. The van der Waals surface area contributed by atoms with Crippen LogP contribution in [0.25, 0.3) is 0 Å². The number of nitrogens with zero attached hydrogens (tertiary/aromatic N) is 1. The van der Waals surface area contributed by atoms with E-state index in [1.54, 1.807) is 0 Å². The van der Waals surface area contributed by atoms with Gasteiger partial charge in [0, 0.05) is 19.1 Å². The molecule has 1 spiro atoms. The van der Waals surface area contributed by atoms with Gasteiger partial charge in [-0.15, -0.1) is 0 Å². The molecule has 3 rings (SSSR count). The Morgan fingerprint density at radius 1 is 1.33 bits per heavy atom. The number of amides is 2. The molecule has 0 aromatic carbocycles. The molecule has 1 aliphatic carbocycles. The van der Waals surface area contributed by atoms with Gasteiger partial charge in [-0.25, -0.2) is 0 Å². The van der Waals surface area contributed by atoms with Crippen molar-refractivity contribution in [2.75, 3.05) is 32.9 Å². The van der Waals surface area contributed by atoms with Crippen molar-refractivity contribution in [1.82, 2.24) is 10.2 Å². The largest absolute Gasteiger partial charge is 0.376 e. The minimum Gasteiger partial charge on any atom is -0.376 e. The van der Waals surface area contributed by atoms with Gasteiger partial charge in [-0.1, -0.05) is 6.58 Å². The number of rotatable bonds is 3. The number of carbonyl (C=O) groups is 2. The van der Waals surface area contributed by atoms with Crippen molar-refractivity contribution in [2.45, 2.75) is 31.4 Å². The summed E-state index contributed by atoms with van der Waals surface area (Å²) in [5, 5.41) is 3.03. The van der Waals surface area contributed by atoms with Crippen molar-refractivity contribution in [2.24, 2.45) is 5.41 Å². The van der Waals surface area contributed by atoms with E-state index >= 15 is 0 Å². The Labute approximate surface area is 124 Å². The summed E-state index contributed by atoms with van der Waals surface area (Å²) >= 11 is 0. The third kappa shape index (κ3) is 2.96. The second-order valence-electron chi connectivity index (χ2n) is 6.26. The summed E-state index contributed by atoms with van der Waals surface area (Å²) in [6.07, 6.45) is 3.79. The van der Waals surface area contributed by atoms with Crippen LogP contribution in [-0.4, -0.2) is 61.8 Å². The average molecular weight is 294 g/mol. The number of ether oxygens (including phenoxy) is 2. The van der Waals surface area contributed by atoms with E-state index in [2.05, 4.69) is 11.9 Å². The first-order valence-corrected chi connectivity index (χ1v) is 7.53. The highest BCUT2D eigenvalue weighted by atomic mass is 16.6. The zero-order valence-corrected chi connectivity index (χ0v) is 12.2. The molecular weight excluding hydrogens is 272 g/mol. The predicted octanol–water partition coefficient (Wildman–Crippen LogP) is 0.0851. The van der Waals surface area contributed by atoms with Crippen LogP contribution in [-0.2, 0) is 19.1 Å². The lowest BCUT2D eigenvalue weighted by Gasteiger charge is -2.45.